The van der Waals surface area contributed by atoms with Gasteiger partial charge in [-0.1, -0.05) is 23.3 Å². The van der Waals surface area contributed by atoms with Gasteiger partial charge in [-0.25, -0.2) is 0 Å². The van der Waals surface area contributed by atoms with Crippen molar-refractivity contribution in [2.45, 2.75) is 10.6 Å². The van der Waals surface area contributed by atoms with Crippen LogP contribution in [0.4, 0.5) is 6.01 Å². The molecule has 0 atom stereocenters. The van der Waals surface area contributed by atoms with Crippen molar-refractivity contribution in [2.75, 3.05) is 12.4 Å². The molecule has 3 rings (SSSR count). The fourth-order valence-electron chi connectivity index (χ4n) is 1.94. The Hall–Kier alpha value is -2.80. The first-order valence-electron chi connectivity index (χ1n) is 7.20. The SMILES string of the molecule is COc1ccc(C(=O)Nc2nnc(CSc3ccccc3)o2)cc1. The second-order valence-corrected chi connectivity index (χ2v) is 5.83. The number of hydrogen-bond acceptors (Lipinski definition) is 6. The molecule has 1 heterocycles. The standard InChI is InChI=1S/C17H15N3O3S/c1-22-13-9-7-12(8-10-13)16(21)18-17-20-19-15(23-17)11-24-14-5-3-2-4-6-14/h2-10H,11H2,1H3,(H,18,20,21). The Balaban J connectivity index is 1.57. The van der Waals surface area contributed by atoms with Crippen LogP contribution >= 0.6 is 11.8 Å². The Morgan fingerprint density at radius 2 is 1.88 bits per heavy atom. The molecule has 0 aliphatic rings. The lowest BCUT2D eigenvalue weighted by Crippen LogP contribution is -2.11. The Kier molecular flexibility index (Phi) is 5.12. The van der Waals surface area contributed by atoms with Gasteiger partial charge < -0.3 is 9.15 Å². The van der Waals surface area contributed by atoms with Crippen LogP contribution in [0.25, 0.3) is 0 Å². The van der Waals surface area contributed by atoms with Crippen molar-refractivity contribution in [3.05, 3.63) is 66.1 Å². The molecule has 1 amide bonds. The van der Waals surface area contributed by atoms with Crippen LogP contribution in [0, 0.1) is 0 Å². The predicted octanol–water partition coefficient (Wildman–Crippen LogP) is 3.62. The number of rotatable bonds is 6. The highest BCUT2D eigenvalue weighted by molar-refractivity contribution is 7.98. The van der Waals surface area contributed by atoms with Gasteiger partial charge in [0.05, 0.1) is 12.9 Å². The quantitative estimate of drug-likeness (QED) is 0.690. The van der Waals surface area contributed by atoms with Gasteiger partial charge in [0, 0.05) is 10.5 Å². The fourth-order valence-corrected chi connectivity index (χ4v) is 2.69. The molecule has 0 saturated carbocycles. The van der Waals surface area contributed by atoms with Crippen molar-refractivity contribution in [1.29, 1.82) is 0 Å². The molecule has 1 N–H and O–H groups in total. The average molecular weight is 341 g/mol. The third-order valence-corrected chi connectivity index (χ3v) is 4.14. The van der Waals surface area contributed by atoms with E-state index in [9.17, 15) is 4.79 Å². The minimum Gasteiger partial charge on any atom is -0.497 e. The Morgan fingerprint density at radius 1 is 1.12 bits per heavy atom. The lowest BCUT2D eigenvalue weighted by Gasteiger charge is -2.02. The topological polar surface area (TPSA) is 77.2 Å². The number of methoxy groups -OCH3 is 1. The first kappa shape index (κ1) is 16.1. The maximum absolute atomic E-state index is 12.1. The van der Waals surface area contributed by atoms with Crippen molar-refractivity contribution in [3.8, 4) is 5.75 Å². The minimum atomic E-state index is -0.316. The summed E-state index contributed by atoms with van der Waals surface area (Å²) in [4.78, 5) is 13.2. The number of nitrogens with one attached hydrogen (secondary N) is 1. The first-order valence-corrected chi connectivity index (χ1v) is 8.19. The van der Waals surface area contributed by atoms with Gasteiger partial charge in [0.2, 0.25) is 5.89 Å². The molecule has 0 aliphatic carbocycles. The van der Waals surface area contributed by atoms with E-state index in [0.717, 1.165) is 4.90 Å². The molecule has 0 fully saturated rings. The number of nitrogens with zero attached hydrogens (tertiary/aromatic N) is 2. The number of thioether (sulfide) groups is 1. The van der Waals surface area contributed by atoms with E-state index >= 15 is 0 Å². The van der Waals surface area contributed by atoms with Crippen molar-refractivity contribution < 1.29 is 13.9 Å². The second-order valence-electron chi connectivity index (χ2n) is 4.79. The Labute approximate surface area is 143 Å². The maximum atomic E-state index is 12.1. The number of benzene rings is 2. The van der Waals surface area contributed by atoms with Crippen LogP contribution in [0.3, 0.4) is 0 Å². The number of aromatic nitrogens is 2. The molecule has 122 valence electrons. The molecule has 0 saturated heterocycles. The van der Waals surface area contributed by atoms with E-state index in [1.54, 1.807) is 43.1 Å². The van der Waals surface area contributed by atoms with Gasteiger partial charge in [0.25, 0.3) is 5.91 Å². The van der Waals surface area contributed by atoms with Crippen LogP contribution in [-0.2, 0) is 5.75 Å². The molecule has 0 spiro atoms. The summed E-state index contributed by atoms with van der Waals surface area (Å²) in [5.74, 6) is 1.36. The van der Waals surface area contributed by atoms with Gasteiger partial charge >= 0.3 is 6.01 Å². The summed E-state index contributed by atoms with van der Waals surface area (Å²) in [7, 11) is 1.57. The smallest absolute Gasteiger partial charge is 0.322 e. The van der Waals surface area contributed by atoms with Crippen molar-refractivity contribution >= 4 is 23.7 Å². The molecule has 1 aromatic heterocycles. The number of hydrogen-bond donors (Lipinski definition) is 1. The zero-order chi connectivity index (χ0) is 16.8. The molecule has 0 aliphatic heterocycles. The Morgan fingerprint density at radius 3 is 2.58 bits per heavy atom. The van der Waals surface area contributed by atoms with E-state index in [2.05, 4.69) is 15.5 Å². The first-order chi connectivity index (χ1) is 11.7. The summed E-state index contributed by atoms with van der Waals surface area (Å²) < 4.78 is 10.5. The van der Waals surface area contributed by atoms with Crippen molar-refractivity contribution in [3.63, 3.8) is 0 Å². The maximum Gasteiger partial charge on any atom is 0.322 e. The third-order valence-electron chi connectivity index (χ3n) is 3.15. The van der Waals surface area contributed by atoms with Crippen molar-refractivity contribution in [1.82, 2.24) is 10.2 Å². The predicted molar refractivity (Wildman–Crippen MR) is 91.2 cm³/mol. The van der Waals surface area contributed by atoms with E-state index in [1.807, 2.05) is 30.3 Å². The molecule has 0 bridgehead atoms. The summed E-state index contributed by atoms with van der Waals surface area (Å²) in [6.07, 6.45) is 0. The number of carbonyl (C=O) groups excluding carboxylic acids is 1. The van der Waals surface area contributed by atoms with Gasteiger partial charge in [-0.3, -0.25) is 10.1 Å². The summed E-state index contributed by atoms with van der Waals surface area (Å²) in [5.41, 5.74) is 0.481. The van der Waals surface area contributed by atoms with Gasteiger partial charge in [-0.2, -0.15) is 0 Å². The zero-order valence-corrected chi connectivity index (χ0v) is 13.7. The van der Waals surface area contributed by atoms with Gasteiger partial charge in [-0.15, -0.1) is 16.9 Å². The lowest BCUT2D eigenvalue weighted by molar-refractivity contribution is 0.102. The molecule has 0 radical (unpaired) electrons. The fraction of sp³-hybridized carbons (Fsp3) is 0.118. The average Bonchev–Trinajstić information content (AvgIpc) is 3.08. The van der Waals surface area contributed by atoms with Gasteiger partial charge in [-0.05, 0) is 36.4 Å². The Bertz CT molecular complexity index is 803. The number of anilines is 1. The molecule has 0 unspecified atom stereocenters. The molecule has 2 aromatic carbocycles. The highest BCUT2D eigenvalue weighted by Gasteiger charge is 2.12. The van der Waals surface area contributed by atoms with Crippen LogP contribution in [0.1, 0.15) is 16.2 Å². The highest BCUT2D eigenvalue weighted by atomic mass is 32.2. The van der Waals surface area contributed by atoms with Gasteiger partial charge in [0.1, 0.15) is 5.75 Å². The third kappa shape index (κ3) is 4.14. The van der Waals surface area contributed by atoms with Crippen LogP contribution < -0.4 is 10.1 Å². The normalized spacial score (nSPS) is 10.4. The number of ether oxygens (including phenoxy) is 1. The monoisotopic (exact) mass is 341 g/mol. The molecule has 6 nitrogen and oxygen atoms in total. The van der Waals surface area contributed by atoms with E-state index in [1.165, 1.54) is 0 Å². The summed E-state index contributed by atoms with van der Waals surface area (Å²) >= 11 is 1.58. The van der Waals surface area contributed by atoms with Crippen LogP contribution in [0.15, 0.2) is 63.9 Å². The van der Waals surface area contributed by atoms with Crippen LogP contribution in [0.5, 0.6) is 5.75 Å². The summed E-state index contributed by atoms with van der Waals surface area (Å²) in [6.45, 7) is 0. The minimum absolute atomic E-state index is 0.0829. The van der Waals surface area contributed by atoms with Crippen LogP contribution in [-0.4, -0.2) is 23.2 Å². The zero-order valence-electron chi connectivity index (χ0n) is 12.9. The molecule has 7 heteroatoms. The van der Waals surface area contributed by atoms with Crippen LogP contribution in [0.2, 0.25) is 0 Å². The number of carbonyl (C=O) groups is 1. The molecular weight excluding hydrogens is 326 g/mol. The number of amides is 1. The van der Waals surface area contributed by atoms with Crippen molar-refractivity contribution in [2.24, 2.45) is 0 Å². The summed E-state index contributed by atoms with van der Waals surface area (Å²) in [5, 5.41) is 10.4. The molecular formula is C17H15N3O3S. The van der Waals surface area contributed by atoms with Gasteiger partial charge in [0.15, 0.2) is 0 Å². The van der Waals surface area contributed by atoms with E-state index < -0.39 is 0 Å². The summed E-state index contributed by atoms with van der Waals surface area (Å²) in [6, 6.07) is 16.7. The van der Waals surface area contributed by atoms with E-state index in [0.29, 0.717) is 23.0 Å². The molecule has 24 heavy (non-hydrogen) atoms. The largest absolute Gasteiger partial charge is 0.497 e. The lowest BCUT2D eigenvalue weighted by atomic mass is 10.2. The second kappa shape index (κ2) is 7.65. The van der Waals surface area contributed by atoms with E-state index in [-0.39, 0.29) is 11.9 Å². The molecule has 3 aromatic rings. The van der Waals surface area contributed by atoms with E-state index in [4.69, 9.17) is 9.15 Å². The highest BCUT2D eigenvalue weighted by Crippen LogP contribution is 2.22.